The topological polar surface area (TPSA) is 49.3 Å². The molecule has 1 rings (SSSR count). The Bertz CT molecular complexity index is 136. The number of hydrogen-bond donors (Lipinski definition) is 2. The highest BCUT2D eigenvalue weighted by atomic mass is 16.4. The molecule has 0 amide bonds. The van der Waals surface area contributed by atoms with Crippen LogP contribution in [0.1, 0.15) is 19.8 Å². The first-order valence-electron chi connectivity index (χ1n) is 3.63. The van der Waals surface area contributed by atoms with E-state index in [0.29, 0.717) is 18.4 Å². The van der Waals surface area contributed by atoms with Gasteiger partial charge in [-0.15, -0.1) is 0 Å². The van der Waals surface area contributed by atoms with Crippen LogP contribution in [0.3, 0.4) is 0 Å². The molecule has 2 N–H and O–H groups in total. The lowest BCUT2D eigenvalue weighted by molar-refractivity contribution is -0.137. The van der Waals surface area contributed by atoms with Gasteiger partial charge in [0.15, 0.2) is 0 Å². The molecular formula is C7H13NO2. The molecule has 0 radical (unpaired) electrons. The van der Waals surface area contributed by atoms with E-state index in [1.54, 1.807) is 0 Å². The summed E-state index contributed by atoms with van der Waals surface area (Å²) in [6, 6.07) is 0.504. The van der Waals surface area contributed by atoms with Gasteiger partial charge in [0.05, 0.1) is 0 Å². The Balaban J connectivity index is 2.24. The first kappa shape index (κ1) is 7.54. The van der Waals surface area contributed by atoms with E-state index in [4.69, 9.17) is 5.11 Å². The molecule has 0 bridgehead atoms. The third-order valence-electron chi connectivity index (χ3n) is 1.91. The summed E-state index contributed by atoms with van der Waals surface area (Å²) < 4.78 is 0. The maximum absolute atomic E-state index is 10.2. The molecule has 1 aliphatic heterocycles. The van der Waals surface area contributed by atoms with Crippen molar-refractivity contribution in [3.8, 4) is 0 Å². The van der Waals surface area contributed by atoms with Crippen LogP contribution in [0.25, 0.3) is 0 Å². The first-order chi connectivity index (χ1) is 4.68. The van der Waals surface area contributed by atoms with E-state index in [2.05, 4.69) is 12.2 Å². The largest absolute Gasteiger partial charge is 0.481 e. The molecule has 1 saturated heterocycles. The lowest BCUT2D eigenvalue weighted by atomic mass is 10.0. The van der Waals surface area contributed by atoms with Gasteiger partial charge in [-0.05, 0) is 25.8 Å². The van der Waals surface area contributed by atoms with Gasteiger partial charge in [0.25, 0.3) is 0 Å². The Kier molecular flexibility index (Phi) is 2.27. The van der Waals surface area contributed by atoms with Crippen LogP contribution in [-0.4, -0.2) is 23.7 Å². The third-order valence-corrected chi connectivity index (χ3v) is 1.91. The second-order valence-electron chi connectivity index (χ2n) is 3.01. The highest BCUT2D eigenvalue weighted by molar-refractivity contribution is 5.67. The third kappa shape index (κ3) is 1.99. The van der Waals surface area contributed by atoms with Crippen molar-refractivity contribution in [3.63, 3.8) is 0 Å². The molecule has 0 aromatic heterocycles. The normalized spacial score (nSPS) is 32.5. The predicted molar refractivity (Wildman–Crippen MR) is 37.8 cm³/mol. The van der Waals surface area contributed by atoms with E-state index in [9.17, 15) is 4.79 Å². The van der Waals surface area contributed by atoms with Crippen LogP contribution in [-0.2, 0) is 4.79 Å². The Morgan fingerprint density at radius 1 is 1.80 bits per heavy atom. The smallest absolute Gasteiger partial charge is 0.303 e. The SMILES string of the molecule is CC1CC(CC(=O)O)CN1. The summed E-state index contributed by atoms with van der Waals surface area (Å²) in [5, 5.41) is 11.6. The Hall–Kier alpha value is -0.570. The number of aliphatic carboxylic acids is 1. The minimum absolute atomic E-state index is 0.317. The van der Waals surface area contributed by atoms with E-state index < -0.39 is 5.97 Å². The molecule has 1 heterocycles. The molecule has 2 atom stereocenters. The van der Waals surface area contributed by atoms with Crippen LogP contribution < -0.4 is 5.32 Å². The van der Waals surface area contributed by atoms with Crippen molar-refractivity contribution in [2.45, 2.75) is 25.8 Å². The highest BCUT2D eigenvalue weighted by Crippen LogP contribution is 2.16. The summed E-state index contributed by atoms with van der Waals surface area (Å²) in [5.41, 5.74) is 0. The van der Waals surface area contributed by atoms with Crippen LogP contribution in [0.2, 0.25) is 0 Å². The summed E-state index contributed by atoms with van der Waals surface area (Å²) in [4.78, 5) is 10.2. The number of carboxylic acids is 1. The average molecular weight is 143 g/mol. The standard InChI is InChI=1S/C7H13NO2/c1-5-2-6(4-8-5)3-7(9)10/h5-6,8H,2-4H2,1H3,(H,9,10). The molecule has 1 aliphatic rings. The van der Waals surface area contributed by atoms with Crippen molar-refractivity contribution < 1.29 is 9.90 Å². The van der Waals surface area contributed by atoms with E-state index in [-0.39, 0.29) is 0 Å². The average Bonchev–Trinajstić information content (AvgIpc) is 2.13. The minimum Gasteiger partial charge on any atom is -0.481 e. The second kappa shape index (κ2) is 3.01. The fourth-order valence-electron chi connectivity index (χ4n) is 1.44. The van der Waals surface area contributed by atoms with Crippen molar-refractivity contribution in [2.75, 3.05) is 6.54 Å². The predicted octanol–water partition coefficient (Wildman–Crippen LogP) is 0.459. The van der Waals surface area contributed by atoms with Crippen LogP contribution >= 0.6 is 0 Å². The summed E-state index contributed by atoms with van der Waals surface area (Å²) in [6.07, 6.45) is 1.32. The molecule has 1 fully saturated rings. The summed E-state index contributed by atoms with van der Waals surface area (Å²) >= 11 is 0. The zero-order valence-corrected chi connectivity index (χ0v) is 6.13. The Morgan fingerprint density at radius 3 is 2.90 bits per heavy atom. The van der Waals surface area contributed by atoms with Gasteiger partial charge in [0, 0.05) is 12.5 Å². The van der Waals surface area contributed by atoms with Gasteiger partial charge in [-0.2, -0.15) is 0 Å². The summed E-state index contributed by atoms with van der Waals surface area (Å²) in [7, 11) is 0. The van der Waals surface area contributed by atoms with Gasteiger partial charge in [-0.3, -0.25) is 4.79 Å². The van der Waals surface area contributed by atoms with E-state index in [1.165, 1.54) is 0 Å². The van der Waals surface area contributed by atoms with Crippen molar-refractivity contribution in [1.82, 2.24) is 5.32 Å². The number of carbonyl (C=O) groups is 1. The molecule has 58 valence electrons. The monoisotopic (exact) mass is 143 g/mol. The van der Waals surface area contributed by atoms with E-state index >= 15 is 0 Å². The van der Waals surface area contributed by atoms with Crippen LogP contribution in [0.15, 0.2) is 0 Å². The quantitative estimate of drug-likeness (QED) is 0.590. The van der Waals surface area contributed by atoms with Crippen molar-refractivity contribution in [1.29, 1.82) is 0 Å². The Labute approximate surface area is 60.4 Å². The maximum atomic E-state index is 10.2. The van der Waals surface area contributed by atoms with Gasteiger partial charge in [0.1, 0.15) is 0 Å². The minimum atomic E-state index is -0.680. The zero-order valence-electron chi connectivity index (χ0n) is 6.13. The van der Waals surface area contributed by atoms with Crippen LogP contribution in [0, 0.1) is 5.92 Å². The van der Waals surface area contributed by atoms with E-state index in [0.717, 1.165) is 13.0 Å². The zero-order chi connectivity index (χ0) is 7.56. The number of nitrogens with one attached hydrogen (secondary N) is 1. The maximum Gasteiger partial charge on any atom is 0.303 e. The fraction of sp³-hybridized carbons (Fsp3) is 0.857. The lowest BCUT2D eigenvalue weighted by Crippen LogP contribution is -2.17. The molecule has 0 aliphatic carbocycles. The van der Waals surface area contributed by atoms with Crippen molar-refractivity contribution >= 4 is 5.97 Å². The molecule has 0 spiro atoms. The molecule has 0 aromatic carbocycles. The van der Waals surface area contributed by atoms with Gasteiger partial charge in [0.2, 0.25) is 0 Å². The Morgan fingerprint density at radius 2 is 2.50 bits per heavy atom. The van der Waals surface area contributed by atoms with Gasteiger partial charge < -0.3 is 10.4 Å². The number of hydrogen-bond acceptors (Lipinski definition) is 2. The van der Waals surface area contributed by atoms with E-state index in [1.807, 2.05) is 0 Å². The molecule has 2 unspecified atom stereocenters. The van der Waals surface area contributed by atoms with Crippen LogP contribution in [0.4, 0.5) is 0 Å². The molecule has 3 nitrogen and oxygen atoms in total. The second-order valence-corrected chi connectivity index (χ2v) is 3.01. The molecular weight excluding hydrogens is 130 g/mol. The first-order valence-corrected chi connectivity index (χ1v) is 3.63. The highest BCUT2D eigenvalue weighted by Gasteiger charge is 2.22. The van der Waals surface area contributed by atoms with Gasteiger partial charge in [-0.1, -0.05) is 0 Å². The lowest BCUT2D eigenvalue weighted by Gasteiger charge is -2.01. The van der Waals surface area contributed by atoms with Crippen molar-refractivity contribution in [3.05, 3.63) is 0 Å². The fourth-order valence-corrected chi connectivity index (χ4v) is 1.44. The van der Waals surface area contributed by atoms with Crippen LogP contribution in [0.5, 0.6) is 0 Å². The molecule has 0 aromatic rings. The number of rotatable bonds is 2. The number of carboxylic acid groups (broad SMARTS) is 1. The summed E-state index contributed by atoms with van der Waals surface area (Å²) in [5.74, 6) is -0.326. The van der Waals surface area contributed by atoms with Crippen molar-refractivity contribution in [2.24, 2.45) is 5.92 Å². The summed E-state index contributed by atoms with van der Waals surface area (Å²) in [6.45, 7) is 2.95. The molecule has 0 saturated carbocycles. The molecule has 10 heavy (non-hydrogen) atoms. The van der Waals surface area contributed by atoms with Gasteiger partial charge >= 0.3 is 5.97 Å². The molecule has 3 heteroatoms. The van der Waals surface area contributed by atoms with Gasteiger partial charge in [-0.25, -0.2) is 0 Å².